The molecule has 2 atom stereocenters. The monoisotopic (exact) mass is 178 g/mol. The second kappa shape index (κ2) is 5.00. The molecule has 0 aromatic heterocycles. The van der Waals surface area contributed by atoms with E-state index in [0.29, 0.717) is 11.8 Å². The quantitative estimate of drug-likeness (QED) is 0.479. The summed E-state index contributed by atoms with van der Waals surface area (Å²) in [7, 11) is 0. The Morgan fingerprint density at radius 2 is 2.38 bits per heavy atom. The van der Waals surface area contributed by atoms with Crippen LogP contribution >= 0.6 is 0 Å². The van der Waals surface area contributed by atoms with Crippen LogP contribution in [0.25, 0.3) is 0 Å². The standard InChI is InChI=1S/C12H18O/c1-3-4-8-12-10(2)6-5-7-11(12)9-13/h3-4,7,9-10,12H,5-6,8H2,1-2H3/t10-,12+/m1/s1. The largest absolute Gasteiger partial charge is 0.298 e. The van der Waals surface area contributed by atoms with Gasteiger partial charge in [-0.3, -0.25) is 4.79 Å². The molecule has 0 amide bonds. The lowest BCUT2D eigenvalue weighted by Crippen LogP contribution is -2.18. The lowest BCUT2D eigenvalue weighted by Gasteiger charge is -2.26. The molecular formula is C12H18O. The minimum absolute atomic E-state index is 0.461. The van der Waals surface area contributed by atoms with Crippen LogP contribution in [0.2, 0.25) is 0 Å². The Kier molecular flexibility index (Phi) is 3.94. The molecule has 0 bridgehead atoms. The van der Waals surface area contributed by atoms with E-state index >= 15 is 0 Å². The first-order valence-corrected chi connectivity index (χ1v) is 5.06. The second-order valence-corrected chi connectivity index (χ2v) is 3.79. The van der Waals surface area contributed by atoms with Crippen LogP contribution in [0.3, 0.4) is 0 Å². The van der Waals surface area contributed by atoms with Gasteiger partial charge in [0, 0.05) is 0 Å². The van der Waals surface area contributed by atoms with Crippen LogP contribution in [-0.4, -0.2) is 6.29 Å². The molecule has 0 saturated carbocycles. The first-order valence-electron chi connectivity index (χ1n) is 5.06. The minimum Gasteiger partial charge on any atom is -0.298 e. The first kappa shape index (κ1) is 10.2. The van der Waals surface area contributed by atoms with Crippen molar-refractivity contribution >= 4 is 6.29 Å². The van der Waals surface area contributed by atoms with Gasteiger partial charge in [-0.1, -0.05) is 25.2 Å². The molecule has 1 rings (SSSR count). The molecule has 0 aliphatic heterocycles. The molecule has 0 saturated heterocycles. The van der Waals surface area contributed by atoms with E-state index in [4.69, 9.17) is 0 Å². The van der Waals surface area contributed by atoms with Gasteiger partial charge in [0.15, 0.2) is 0 Å². The predicted molar refractivity (Wildman–Crippen MR) is 55.5 cm³/mol. The molecule has 0 heterocycles. The highest BCUT2D eigenvalue weighted by Gasteiger charge is 2.22. The summed E-state index contributed by atoms with van der Waals surface area (Å²) in [6.45, 7) is 4.27. The number of hydrogen-bond acceptors (Lipinski definition) is 1. The Balaban J connectivity index is 2.69. The van der Waals surface area contributed by atoms with Gasteiger partial charge in [0.25, 0.3) is 0 Å². The van der Waals surface area contributed by atoms with Crippen molar-refractivity contribution in [3.8, 4) is 0 Å². The third-order valence-corrected chi connectivity index (χ3v) is 2.88. The lowest BCUT2D eigenvalue weighted by atomic mass is 9.78. The van der Waals surface area contributed by atoms with Gasteiger partial charge in [-0.25, -0.2) is 0 Å². The molecule has 1 nitrogen and oxygen atoms in total. The smallest absolute Gasteiger partial charge is 0.146 e. The van der Waals surface area contributed by atoms with Gasteiger partial charge in [0.1, 0.15) is 6.29 Å². The van der Waals surface area contributed by atoms with Crippen molar-refractivity contribution in [2.45, 2.75) is 33.1 Å². The zero-order chi connectivity index (χ0) is 9.68. The second-order valence-electron chi connectivity index (χ2n) is 3.79. The summed E-state index contributed by atoms with van der Waals surface area (Å²) in [4.78, 5) is 10.8. The summed E-state index contributed by atoms with van der Waals surface area (Å²) in [6.07, 6.45) is 10.7. The molecule has 0 aromatic carbocycles. The summed E-state index contributed by atoms with van der Waals surface area (Å²) in [5.41, 5.74) is 1.01. The summed E-state index contributed by atoms with van der Waals surface area (Å²) < 4.78 is 0. The summed E-state index contributed by atoms with van der Waals surface area (Å²) in [6, 6.07) is 0. The molecule has 0 aromatic rings. The van der Waals surface area contributed by atoms with Gasteiger partial charge in [-0.05, 0) is 43.6 Å². The Labute approximate surface area is 80.5 Å². The maximum atomic E-state index is 10.8. The van der Waals surface area contributed by atoms with Crippen molar-refractivity contribution in [1.29, 1.82) is 0 Å². The van der Waals surface area contributed by atoms with Crippen LogP contribution in [0.5, 0.6) is 0 Å². The Bertz CT molecular complexity index is 225. The van der Waals surface area contributed by atoms with Crippen molar-refractivity contribution < 1.29 is 4.79 Å². The summed E-state index contributed by atoms with van der Waals surface area (Å²) in [5.74, 6) is 1.11. The van der Waals surface area contributed by atoms with Gasteiger partial charge in [-0.15, -0.1) is 0 Å². The van der Waals surface area contributed by atoms with E-state index in [1.165, 1.54) is 6.42 Å². The van der Waals surface area contributed by atoms with Crippen LogP contribution in [0.15, 0.2) is 23.8 Å². The van der Waals surface area contributed by atoms with Gasteiger partial charge in [0.2, 0.25) is 0 Å². The zero-order valence-corrected chi connectivity index (χ0v) is 8.49. The fourth-order valence-corrected chi connectivity index (χ4v) is 1.98. The number of allylic oxidation sites excluding steroid dienone is 4. The van der Waals surface area contributed by atoms with E-state index in [-0.39, 0.29) is 0 Å². The van der Waals surface area contributed by atoms with Crippen LogP contribution < -0.4 is 0 Å². The Morgan fingerprint density at radius 3 is 3.00 bits per heavy atom. The predicted octanol–water partition coefficient (Wildman–Crippen LogP) is 3.12. The van der Waals surface area contributed by atoms with Crippen molar-refractivity contribution in [1.82, 2.24) is 0 Å². The fourth-order valence-electron chi connectivity index (χ4n) is 1.98. The minimum atomic E-state index is 0.461. The molecule has 0 N–H and O–H groups in total. The topological polar surface area (TPSA) is 17.1 Å². The van der Waals surface area contributed by atoms with Gasteiger partial charge >= 0.3 is 0 Å². The Hall–Kier alpha value is -0.850. The molecular weight excluding hydrogens is 160 g/mol. The average Bonchev–Trinajstić information content (AvgIpc) is 2.15. The molecule has 13 heavy (non-hydrogen) atoms. The highest BCUT2D eigenvalue weighted by molar-refractivity contribution is 5.74. The molecule has 0 unspecified atom stereocenters. The maximum absolute atomic E-state index is 10.8. The van der Waals surface area contributed by atoms with Crippen LogP contribution in [-0.2, 0) is 4.79 Å². The van der Waals surface area contributed by atoms with Gasteiger partial charge < -0.3 is 0 Å². The average molecular weight is 178 g/mol. The highest BCUT2D eigenvalue weighted by Crippen LogP contribution is 2.31. The van der Waals surface area contributed by atoms with Crippen molar-refractivity contribution in [3.63, 3.8) is 0 Å². The number of carbonyl (C=O) groups is 1. The van der Waals surface area contributed by atoms with E-state index < -0.39 is 0 Å². The van der Waals surface area contributed by atoms with Crippen molar-refractivity contribution in [2.24, 2.45) is 11.8 Å². The summed E-state index contributed by atoms with van der Waals surface area (Å²) in [5, 5.41) is 0. The molecule has 0 fully saturated rings. The van der Waals surface area contributed by atoms with E-state index in [0.717, 1.165) is 24.7 Å². The van der Waals surface area contributed by atoms with Crippen LogP contribution in [0.1, 0.15) is 33.1 Å². The summed E-state index contributed by atoms with van der Waals surface area (Å²) >= 11 is 0. The fraction of sp³-hybridized carbons (Fsp3) is 0.583. The molecule has 1 heteroatoms. The van der Waals surface area contributed by atoms with Crippen molar-refractivity contribution in [3.05, 3.63) is 23.8 Å². The van der Waals surface area contributed by atoms with E-state index in [9.17, 15) is 4.79 Å². The number of rotatable bonds is 3. The van der Waals surface area contributed by atoms with Crippen molar-refractivity contribution in [2.75, 3.05) is 0 Å². The third kappa shape index (κ3) is 2.55. The van der Waals surface area contributed by atoms with Crippen LogP contribution in [0.4, 0.5) is 0 Å². The number of carbonyl (C=O) groups excluding carboxylic acids is 1. The Morgan fingerprint density at radius 1 is 1.62 bits per heavy atom. The van der Waals surface area contributed by atoms with E-state index in [1.807, 2.05) is 6.92 Å². The molecule has 1 aliphatic rings. The molecule has 0 spiro atoms. The highest BCUT2D eigenvalue weighted by atomic mass is 16.1. The van der Waals surface area contributed by atoms with E-state index in [1.54, 1.807) is 0 Å². The van der Waals surface area contributed by atoms with Crippen LogP contribution in [0, 0.1) is 11.8 Å². The first-order chi connectivity index (χ1) is 6.29. The van der Waals surface area contributed by atoms with Gasteiger partial charge in [0.05, 0.1) is 0 Å². The van der Waals surface area contributed by atoms with E-state index in [2.05, 4.69) is 25.2 Å². The number of hydrogen-bond donors (Lipinski definition) is 0. The van der Waals surface area contributed by atoms with Gasteiger partial charge in [-0.2, -0.15) is 0 Å². The molecule has 1 aliphatic carbocycles. The lowest BCUT2D eigenvalue weighted by molar-refractivity contribution is -0.105. The normalized spacial score (nSPS) is 28.9. The SMILES string of the molecule is CC=CC[C@@H]1C(C=O)=CCC[C@H]1C. The molecule has 72 valence electrons. The third-order valence-electron chi connectivity index (χ3n) is 2.88. The number of aldehydes is 1. The molecule has 0 radical (unpaired) electrons. The maximum Gasteiger partial charge on any atom is 0.146 e. The zero-order valence-electron chi connectivity index (χ0n) is 8.49.